The number of piperidine rings is 1. The second kappa shape index (κ2) is 7.83. The molecule has 23 heavy (non-hydrogen) atoms. The minimum Gasteiger partial charge on any atom is -0.348 e. The highest BCUT2D eigenvalue weighted by Crippen LogP contribution is 2.24. The van der Waals surface area contributed by atoms with Crippen LogP contribution in [-0.2, 0) is 6.54 Å². The van der Waals surface area contributed by atoms with Gasteiger partial charge in [-0.3, -0.25) is 4.98 Å². The number of rotatable bonds is 6. The predicted octanol–water partition coefficient (Wildman–Crippen LogP) is 2.53. The van der Waals surface area contributed by atoms with Gasteiger partial charge in [-0.15, -0.1) is 6.58 Å². The monoisotopic (exact) mass is 309 g/mol. The number of aromatic nitrogens is 3. The number of pyridine rings is 1. The van der Waals surface area contributed by atoms with E-state index in [2.05, 4.69) is 43.9 Å². The molecule has 3 rings (SSSR count). The Kier molecular flexibility index (Phi) is 5.32. The summed E-state index contributed by atoms with van der Waals surface area (Å²) >= 11 is 0. The Morgan fingerprint density at radius 3 is 3.09 bits per heavy atom. The Morgan fingerprint density at radius 2 is 2.35 bits per heavy atom. The third-order valence-corrected chi connectivity index (χ3v) is 4.16. The van der Waals surface area contributed by atoms with Crippen LogP contribution < -0.4 is 10.2 Å². The van der Waals surface area contributed by atoms with Gasteiger partial charge >= 0.3 is 0 Å². The van der Waals surface area contributed by atoms with Crippen molar-refractivity contribution in [2.75, 3.05) is 24.5 Å². The van der Waals surface area contributed by atoms with Gasteiger partial charge in [-0.2, -0.15) is 0 Å². The SMILES string of the molecule is C=CCN(Cc1cccnc1)c1cc(C2CCCNC2)ncn1. The van der Waals surface area contributed by atoms with E-state index in [4.69, 9.17) is 0 Å². The van der Waals surface area contributed by atoms with Crippen LogP contribution in [0.1, 0.15) is 30.0 Å². The van der Waals surface area contributed by atoms with E-state index >= 15 is 0 Å². The molecular weight excluding hydrogens is 286 g/mol. The quantitative estimate of drug-likeness (QED) is 0.831. The molecule has 1 aliphatic heterocycles. The Morgan fingerprint density at radius 1 is 1.39 bits per heavy atom. The number of nitrogens with zero attached hydrogens (tertiary/aromatic N) is 4. The summed E-state index contributed by atoms with van der Waals surface area (Å²) < 4.78 is 0. The molecule has 1 atom stereocenters. The lowest BCUT2D eigenvalue weighted by molar-refractivity contribution is 0.454. The number of anilines is 1. The molecule has 0 amide bonds. The summed E-state index contributed by atoms with van der Waals surface area (Å²) in [6.07, 6.45) is 9.66. The number of hydrogen-bond donors (Lipinski definition) is 1. The van der Waals surface area contributed by atoms with Crippen molar-refractivity contribution in [1.82, 2.24) is 20.3 Å². The molecule has 0 bridgehead atoms. The second-order valence-electron chi connectivity index (χ2n) is 5.87. The van der Waals surface area contributed by atoms with Gasteiger partial charge in [0.05, 0.1) is 5.69 Å². The molecule has 1 aliphatic rings. The van der Waals surface area contributed by atoms with E-state index in [9.17, 15) is 0 Å². The molecule has 5 heteroatoms. The highest BCUT2D eigenvalue weighted by molar-refractivity contribution is 5.41. The van der Waals surface area contributed by atoms with Crippen molar-refractivity contribution in [1.29, 1.82) is 0 Å². The van der Waals surface area contributed by atoms with Crippen LogP contribution in [0.5, 0.6) is 0 Å². The highest BCUT2D eigenvalue weighted by atomic mass is 15.2. The molecule has 1 fully saturated rings. The van der Waals surface area contributed by atoms with Gasteiger partial charge in [0.1, 0.15) is 12.1 Å². The Hall–Kier alpha value is -2.27. The van der Waals surface area contributed by atoms with E-state index in [0.29, 0.717) is 5.92 Å². The van der Waals surface area contributed by atoms with Crippen LogP contribution in [0.2, 0.25) is 0 Å². The fraction of sp³-hybridized carbons (Fsp3) is 0.389. The minimum absolute atomic E-state index is 0.481. The first kappa shape index (κ1) is 15.6. The lowest BCUT2D eigenvalue weighted by Crippen LogP contribution is -2.29. The number of hydrogen-bond acceptors (Lipinski definition) is 5. The van der Waals surface area contributed by atoms with Crippen molar-refractivity contribution < 1.29 is 0 Å². The van der Waals surface area contributed by atoms with E-state index in [1.807, 2.05) is 18.3 Å². The molecule has 1 saturated heterocycles. The zero-order valence-corrected chi connectivity index (χ0v) is 13.4. The molecule has 0 aliphatic carbocycles. The van der Waals surface area contributed by atoms with Crippen molar-refractivity contribution in [2.45, 2.75) is 25.3 Å². The zero-order valence-electron chi connectivity index (χ0n) is 13.4. The van der Waals surface area contributed by atoms with E-state index in [1.54, 1.807) is 12.5 Å². The van der Waals surface area contributed by atoms with Gasteiger partial charge in [-0.1, -0.05) is 12.1 Å². The van der Waals surface area contributed by atoms with E-state index in [0.717, 1.165) is 43.3 Å². The molecule has 0 saturated carbocycles. The maximum absolute atomic E-state index is 4.50. The molecule has 0 radical (unpaired) electrons. The van der Waals surface area contributed by atoms with Crippen LogP contribution >= 0.6 is 0 Å². The fourth-order valence-corrected chi connectivity index (χ4v) is 2.97. The average Bonchev–Trinajstić information content (AvgIpc) is 2.63. The maximum atomic E-state index is 4.50. The molecule has 2 aromatic heterocycles. The third-order valence-electron chi connectivity index (χ3n) is 4.16. The molecule has 3 heterocycles. The summed E-state index contributed by atoms with van der Waals surface area (Å²) in [5, 5.41) is 3.45. The fourth-order valence-electron chi connectivity index (χ4n) is 2.97. The predicted molar refractivity (Wildman–Crippen MR) is 92.4 cm³/mol. The van der Waals surface area contributed by atoms with Gasteiger partial charge in [-0.05, 0) is 31.0 Å². The zero-order chi connectivity index (χ0) is 15.9. The molecular formula is C18H23N5. The van der Waals surface area contributed by atoms with E-state index in [-0.39, 0.29) is 0 Å². The van der Waals surface area contributed by atoms with Crippen LogP contribution in [-0.4, -0.2) is 34.6 Å². The normalized spacial score (nSPS) is 17.7. The van der Waals surface area contributed by atoms with Crippen LogP contribution in [0.15, 0.2) is 49.6 Å². The van der Waals surface area contributed by atoms with E-state index < -0.39 is 0 Å². The smallest absolute Gasteiger partial charge is 0.132 e. The summed E-state index contributed by atoms with van der Waals surface area (Å²) in [5.74, 6) is 1.43. The Bertz CT molecular complexity index is 622. The lowest BCUT2D eigenvalue weighted by Gasteiger charge is -2.25. The van der Waals surface area contributed by atoms with Crippen LogP contribution in [0, 0.1) is 0 Å². The Balaban J connectivity index is 1.80. The molecule has 0 spiro atoms. The van der Waals surface area contributed by atoms with Crippen molar-refractivity contribution in [2.24, 2.45) is 0 Å². The molecule has 1 N–H and O–H groups in total. The van der Waals surface area contributed by atoms with Crippen LogP contribution in [0.3, 0.4) is 0 Å². The van der Waals surface area contributed by atoms with Crippen LogP contribution in [0.4, 0.5) is 5.82 Å². The average molecular weight is 309 g/mol. The maximum Gasteiger partial charge on any atom is 0.132 e. The third kappa shape index (κ3) is 4.13. The lowest BCUT2D eigenvalue weighted by atomic mass is 9.96. The largest absolute Gasteiger partial charge is 0.348 e. The first-order valence-electron chi connectivity index (χ1n) is 8.14. The van der Waals surface area contributed by atoms with Crippen molar-refractivity contribution in [3.63, 3.8) is 0 Å². The minimum atomic E-state index is 0.481. The highest BCUT2D eigenvalue weighted by Gasteiger charge is 2.18. The van der Waals surface area contributed by atoms with Crippen molar-refractivity contribution >= 4 is 5.82 Å². The van der Waals surface area contributed by atoms with Crippen LogP contribution in [0.25, 0.3) is 0 Å². The topological polar surface area (TPSA) is 53.9 Å². The van der Waals surface area contributed by atoms with Crippen molar-refractivity contribution in [3.8, 4) is 0 Å². The number of nitrogens with one attached hydrogen (secondary N) is 1. The molecule has 1 unspecified atom stereocenters. The summed E-state index contributed by atoms with van der Waals surface area (Å²) in [7, 11) is 0. The van der Waals surface area contributed by atoms with Gasteiger partial charge < -0.3 is 10.2 Å². The first-order chi connectivity index (χ1) is 11.4. The second-order valence-corrected chi connectivity index (χ2v) is 5.87. The molecule has 0 aromatic carbocycles. The summed E-state index contributed by atoms with van der Waals surface area (Å²) in [4.78, 5) is 15.4. The molecule has 5 nitrogen and oxygen atoms in total. The van der Waals surface area contributed by atoms with Gasteiger partial charge in [-0.25, -0.2) is 9.97 Å². The van der Waals surface area contributed by atoms with Crippen molar-refractivity contribution in [3.05, 3.63) is 60.8 Å². The summed E-state index contributed by atoms with van der Waals surface area (Å²) in [6.45, 7) is 7.49. The van der Waals surface area contributed by atoms with Gasteiger partial charge in [0, 0.05) is 44.0 Å². The molecule has 2 aromatic rings. The standard InChI is InChI=1S/C18H23N5/c1-2-9-23(13-15-5-3-7-19-11-15)18-10-17(21-14-22-18)16-6-4-8-20-12-16/h2-3,5,7,10-11,14,16,20H,1,4,6,8-9,12-13H2. The summed E-state index contributed by atoms with van der Waals surface area (Å²) in [6, 6.07) is 6.16. The van der Waals surface area contributed by atoms with Gasteiger partial charge in [0.15, 0.2) is 0 Å². The Labute approximate surface area is 137 Å². The molecule has 120 valence electrons. The summed E-state index contributed by atoms with van der Waals surface area (Å²) in [5.41, 5.74) is 2.29. The first-order valence-corrected chi connectivity index (χ1v) is 8.14. The van der Waals surface area contributed by atoms with Gasteiger partial charge in [0.25, 0.3) is 0 Å². The van der Waals surface area contributed by atoms with Gasteiger partial charge in [0.2, 0.25) is 0 Å². The van der Waals surface area contributed by atoms with E-state index in [1.165, 1.54) is 12.8 Å².